The zero-order valence-corrected chi connectivity index (χ0v) is 18.8. The van der Waals surface area contributed by atoms with Crippen molar-refractivity contribution in [3.8, 4) is 0 Å². The highest BCUT2D eigenvalue weighted by Gasteiger charge is 2.51. The summed E-state index contributed by atoms with van der Waals surface area (Å²) < 4.78 is 17.5. The van der Waals surface area contributed by atoms with Gasteiger partial charge in [-0.1, -0.05) is 6.07 Å². The number of carbonyl (C=O) groups excluding carboxylic acids is 2. The first-order valence-electron chi connectivity index (χ1n) is 9.98. The third-order valence-corrected chi connectivity index (χ3v) is 4.98. The number of amides is 2. The molecule has 1 aromatic carbocycles. The molecule has 2 amide bonds. The number of nitrogens with one attached hydrogen (secondary N) is 2. The van der Waals surface area contributed by atoms with E-state index in [4.69, 9.17) is 14.0 Å². The lowest BCUT2D eigenvalue weighted by Gasteiger charge is -2.32. The molecule has 1 aromatic rings. The van der Waals surface area contributed by atoms with Crippen molar-refractivity contribution in [2.45, 2.75) is 78.7 Å². The summed E-state index contributed by atoms with van der Waals surface area (Å²) in [5.74, 6) is -0.190. The van der Waals surface area contributed by atoms with Crippen molar-refractivity contribution >= 4 is 24.6 Å². The summed E-state index contributed by atoms with van der Waals surface area (Å²) in [6, 6.07) is 5.39. The Balaban J connectivity index is 2.27. The average Bonchev–Trinajstić information content (AvgIpc) is 2.79. The van der Waals surface area contributed by atoms with E-state index in [2.05, 4.69) is 10.6 Å². The fourth-order valence-corrected chi connectivity index (χ4v) is 2.82. The molecule has 8 heteroatoms. The van der Waals surface area contributed by atoms with Crippen LogP contribution in [0.15, 0.2) is 18.2 Å². The molecular formula is C21H33BN2O5. The summed E-state index contributed by atoms with van der Waals surface area (Å²) in [4.78, 5) is 24.4. The minimum absolute atomic E-state index is 0.190. The Hall–Kier alpha value is -2.06. The first kappa shape index (κ1) is 23.2. The number of rotatable bonds is 5. The Morgan fingerprint density at radius 2 is 1.62 bits per heavy atom. The number of ether oxygens (including phenoxy) is 1. The minimum atomic E-state index is -0.602. The van der Waals surface area contributed by atoms with Crippen molar-refractivity contribution < 1.29 is 23.6 Å². The maximum absolute atomic E-state index is 12.4. The smallest absolute Gasteiger partial charge is 0.444 e. The highest BCUT2D eigenvalue weighted by atomic mass is 16.7. The van der Waals surface area contributed by atoms with Gasteiger partial charge in [-0.25, -0.2) is 4.79 Å². The van der Waals surface area contributed by atoms with Gasteiger partial charge in [-0.2, -0.15) is 0 Å². The van der Waals surface area contributed by atoms with Crippen molar-refractivity contribution in [2.24, 2.45) is 0 Å². The summed E-state index contributed by atoms with van der Waals surface area (Å²) in [6.07, 6.45) is -0.516. The molecule has 7 nitrogen and oxygen atoms in total. The van der Waals surface area contributed by atoms with Gasteiger partial charge < -0.3 is 24.7 Å². The van der Waals surface area contributed by atoms with E-state index in [1.54, 1.807) is 32.9 Å². The quantitative estimate of drug-likeness (QED) is 0.738. The first-order valence-corrected chi connectivity index (χ1v) is 9.98. The fourth-order valence-electron chi connectivity index (χ4n) is 2.82. The summed E-state index contributed by atoms with van der Waals surface area (Å²) in [5.41, 5.74) is 0.404. The molecule has 1 aliphatic rings. The maximum atomic E-state index is 12.4. The van der Waals surface area contributed by atoms with Gasteiger partial charge >= 0.3 is 13.2 Å². The molecule has 1 fully saturated rings. The highest BCUT2D eigenvalue weighted by Crippen LogP contribution is 2.36. The second-order valence-electron chi connectivity index (χ2n) is 9.27. The van der Waals surface area contributed by atoms with Crippen LogP contribution in [0.3, 0.4) is 0 Å². The van der Waals surface area contributed by atoms with E-state index in [9.17, 15) is 9.59 Å². The third kappa shape index (κ3) is 5.96. The number of hydrogen-bond acceptors (Lipinski definition) is 5. The molecule has 0 radical (unpaired) electrons. The van der Waals surface area contributed by atoms with E-state index in [0.717, 1.165) is 11.0 Å². The molecule has 1 heterocycles. The van der Waals surface area contributed by atoms with Gasteiger partial charge in [-0.15, -0.1) is 0 Å². The Morgan fingerprint density at radius 1 is 1.03 bits per heavy atom. The zero-order chi connectivity index (χ0) is 22.0. The standard InChI is InChI=1S/C21H33BN2O5/c1-9-23-17(25)15-10-14(13-24-18(26)27-19(2,3)4)11-16(12-15)22-28-20(5,6)21(7,8)29-22/h10-12H,9,13H2,1-8H3,(H,23,25)(H,24,26). The Morgan fingerprint density at radius 3 is 2.14 bits per heavy atom. The van der Waals surface area contributed by atoms with Gasteiger partial charge in [0.05, 0.1) is 11.2 Å². The summed E-state index contributed by atoms with van der Waals surface area (Å²) in [5, 5.41) is 5.53. The van der Waals surface area contributed by atoms with Crippen LogP contribution in [0.25, 0.3) is 0 Å². The van der Waals surface area contributed by atoms with Gasteiger partial charge in [0.25, 0.3) is 5.91 Å². The second-order valence-corrected chi connectivity index (χ2v) is 9.27. The Kier molecular flexibility index (Phi) is 6.70. The highest BCUT2D eigenvalue weighted by molar-refractivity contribution is 6.62. The molecule has 2 rings (SSSR count). The van der Waals surface area contributed by atoms with Crippen LogP contribution < -0.4 is 16.1 Å². The predicted molar refractivity (Wildman–Crippen MR) is 113 cm³/mol. The zero-order valence-electron chi connectivity index (χ0n) is 18.8. The van der Waals surface area contributed by atoms with E-state index >= 15 is 0 Å². The molecule has 160 valence electrons. The van der Waals surface area contributed by atoms with E-state index < -0.39 is 30.0 Å². The molecule has 0 spiro atoms. The molecule has 0 atom stereocenters. The van der Waals surface area contributed by atoms with Gasteiger partial charge in [0.2, 0.25) is 0 Å². The SMILES string of the molecule is CCNC(=O)c1cc(CNC(=O)OC(C)(C)C)cc(B2OC(C)(C)C(C)(C)O2)c1. The van der Waals surface area contributed by atoms with E-state index in [1.165, 1.54) is 0 Å². The summed E-state index contributed by atoms with van der Waals surface area (Å²) in [6.45, 7) is 15.9. The van der Waals surface area contributed by atoms with Crippen molar-refractivity contribution in [3.05, 3.63) is 29.3 Å². The first-order chi connectivity index (χ1) is 13.2. The molecule has 29 heavy (non-hydrogen) atoms. The Labute approximate surface area is 174 Å². The van der Waals surface area contributed by atoms with Crippen LogP contribution in [0.2, 0.25) is 0 Å². The van der Waals surface area contributed by atoms with Gasteiger partial charge in [0.15, 0.2) is 0 Å². The van der Waals surface area contributed by atoms with Gasteiger partial charge in [-0.3, -0.25) is 4.79 Å². The molecule has 1 saturated heterocycles. The average molecular weight is 404 g/mol. The van der Waals surface area contributed by atoms with E-state index in [1.807, 2.05) is 40.7 Å². The molecule has 0 aliphatic carbocycles. The number of hydrogen-bond donors (Lipinski definition) is 2. The van der Waals surface area contributed by atoms with Crippen LogP contribution in [0.5, 0.6) is 0 Å². The van der Waals surface area contributed by atoms with Crippen LogP contribution in [-0.4, -0.2) is 42.5 Å². The molecule has 0 bridgehead atoms. The monoisotopic (exact) mass is 404 g/mol. The molecule has 0 saturated carbocycles. The lowest BCUT2D eigenvalue weighted by molar-refractivity contribution is 0.00578. The van der Waals surface area contributed by atoms with Crippen molar-refractivity contribution in [1.29, 1.82) is 0 Å². The lowest BCUT2D eigenvalue weighted by atomic mass is 9.77. The Bertz CT molecular complexity index is 755. The molecule has 2 N–H and O–H groups in total. The third-order valence-electron chi connectivity index (χ3n) is 4.98. The van der Waals surface area contributed by atoms with Gasteiger partial charge in [-0.05, 0) is 78.5 Å². The van der Waals surface area contributed by atoms with E-state index in [0.29, 0.717) is 12.1 Å². The lowest BCUT2D eigenvalue weighted by Crippen LogP contribution is -2.41. The summed E-state index contributed by atoms with van der Waals surface area (Å²) >= 11 is 0. The van der Waals surface area contributed by atoms with Crippen LogP contribution in [0.4, 0.5) is 4.79 Å². The van der Waals surface area contributed by atoms with Crippen LogP contribution in [-0.2, 0) is 20.6 Å². The van der Waals surface area contributed by atoms with Crippen LogP contribution in [0, 0.1) is 0 Å². The summed E-state index contributed by atoms with van der Waals surface area (Å²) in [7, 11) is -0.602. The number of alkyl carbamates (subject to hydrolysis) is 1. The van der Waals surface area contributed by atoms with E-state index in [-0.39, 0.29) is 12.5 Å². The topological polar surface area (TPSA) is 85.9 Å². The number of benzene rings is 1. The van der Waals surface area contributed by atoms with Crippen molar-refractivity contribution in [3.63, 3.8) is 0 Å². The largest absolute Gasteiger partial charge is 0.494 e. The molecule has 1 aliphatic heterocycles. The maximum Gasteiger partial charge on any atom is 0.494 e. The predicted octanol–water partition coefficient (Wildman–Crippen LogP) is 2.76. The van der Waals surface area contributed by atoms with Gasteiger partial charge in [0, 0.05) is 18.7 Å². The van der Waals surface area contributed by atoms with Crippen molar-refractivity contribution in [2.75, 3.05) is 6.54 Å². The molecular weight excluding hydrogens is 371 g/mol. The normalized spacial score (nSPS) is 17.7. The van der Waals surface area contributed by atoms with Crippen molar-refractivity contribution in [1.82, 2.24) is 10.6 Å². The van der Waals surface area contributed by atoms with Gasteiger partial charge in [0.1, 0.15) is 5.60 Å². The second kappa shape index (κ2) is 8.36. The number of carbonyl (C=O) groups is 2. The van der Waals surface area contributed by atoms with Crippen LogP contribution >= 0.6 is 0 Å². The molecule has 0 unspecified atom stereocenters. The molecule has 0 aromatic heterocycles. The minimum Gasteiger partial charge on any atom is -0.444 e. The fraction of sp³-hybridized carbons (Fsp3) is 0.619. The van der Waals surface area contributed by atoms with Crippen LogP contribution in [0.1, 0.15) is 71.3 Å².